The highest BCUT2D eigenvalue weighted by molar-refractivity contribution is 5.61. The molecule has 0 aliphatic heterocycles. The maximum absolute atomic E-state index is 12.6. The predicted molar refractivity (Wildman–Crippen MR) is 73.3 cm³/mol. The van der Waals surface area contributed by atoms with Crippen molar-refractivity contribution in [1.29, 1.82) is 0 Å². The molecule has 0 atom stereocenters. The minimum absolute atomic E-state index is 0.561. The summed E-state index contributed by atoms with van der Waals surface area (Å²) in [7, 11) is 0. The molecule has 0 bridgehead atoms. The Hall–Kier alpha value is -1.25. The predicted octanol–water partition coefficient (Wildman–Crippen LogP) is 4.16. The Morgan fingerprint density at radius 2 is 2.06 bits per heavy atom. The number of nitrogens with zero attached hydrogens (tertiary/aromatic N) is 1. The van der Waals surface area contributed by atoms with Crippen LogP contribution in [0.25, 0.3) is 0 Å². The van der Waals surface area contributed by atoms with Crippen LogP contribution in [0.3, 0.4) is 0 Å². The first kappa shape index (κ1) is 13.8. The lowest BCUT2D eigenvalue weighted by molar-refractivity contribution is 0.576. The molecule has 0 heterocycles. The first-order chi connectivity index (χ1) is 8.08. The minimum Gasteiger partial charge on any atom is -0.372 e. The smallest absolute Gasteiger partial charge is 0.0705 e. The first-order valence-electron chi connectivity index (χ1n) is 6.30. The number of nitrogens with one attached hydrogen (secondary N) is 1. The van der Waals surface area contributed by atoms with Crippen LogP contribution in [0.1, 0.15) is 32.8 Å². The molecule has 2 nitrogen and oxygen atoms in total. The SMILES string of the molecule is CCN(CCC(C)C)c1ccc(C)c(NF)c1. The normalized spacial score (nSPS) is 10.7. The van der Waals surface area contributed by atoms with Crippen molar-refractivity contribution in [2.45, 2.75) is 34.1 Å². The monoisotopic (exact) mass is 238 g/mol. The van der Waals surface area contributed by atoms with Gasteiger partial charge in [-0.25, -0.2) is 5.54 Å². The molecule has 0 saturated heterocycles. The lowest BCUT2D eigenvalue weighted by Crippen LogP contribution is -2.24. The van der Waals surface area contributed by atoms with Crippen LogP contribution in [0.15, 0.2) is 18.2 Å². The molecule has 3 heteroatoms. The highest BCUT2D eigenvalue weighted by atomic mass is 19.2. The van der Waals surface area contributed by atoms with Gasteiger partial charge in [0.25, 0.3) is 0 Å². The van der Waals surface area contributed by atoms with Gasteiger partial charge >= 0.3 is 0 Å². The van der Waals surface area contributed by atoms with Crippen LogP contribution in [0.4, 0.5) is 15.9 Å². The fraction of sp³-hybridized carbons (Fsp3) is 0.571. The molecule has 0 spiro atoms. The van der Waals surface area contributed by atoms with Gasteiger partial charge < -0.3 is 4.90 Å². The van der Waals surface area contributed by atoms with Crippen molar-refractivity contribution in [3.8, 4) is 0 Å². The number of rotatable bonds is 6. The number of hydrogen-bond acceptors (Lipinski definition) is 2. The maximum atomic E-state index is 12.6. The van der Waals surface area contributed by atoms with E-state index in [0.29, 0.717) is 11.6 Å². The van der Waals surface area contributed by atoms with Crippen molar-refractivity contribution in [1.82, 2.24) is 0 Å². The van der Waals surface area contributed by atoms with Crippen molar-refractivity contribution in [2.75, 3.05) is 23.5 Å². The topological polar surface area (TPSA) is 15.3 Å². The van der Waals surface area contributed by atoms with E-state index in [2.05, 4.69) is 31.7 Å². The van der Waals surface area contributed by atoms with Crippen molar-refractivity contribution < 1.29 is 4.48 Å². The summed E-state index contributed by atoms with van der Waals surface area (Å²) in [4.78, 5) is 2.28. The van der Waals surface area contributed by atoms with Crippen molar-refractivity contribution >= 4 is 11.4 Å². The lowest BCUT2D eigenvalue weighted by Gasteiger charge is -2.24. The third kappa shape index (κ3) is 3.91. The second-order valence-corrected chi connectivity index (χ2v) is 4.86. The lowest BCUT2D eigenvalue weighted by atomic mass is 10.1. The summed E-state index contributed by atoms with van der Waals surface area (Å²) in [6, 6.07) is 5.88. The number of benzene rings is 1. The Morgan fingerprint density at radius 3 is 2.59 bits per heavy atom. The van der Waals surface area contributed by atoms with Gasteiger partial charge in [0, 0.05) is 18.8 Å². The van der Waals surface area contributed by atoms with Crippen LogP contribution >= 0.6 is 0 Å². The molecule has 1 rings (SSSR count). The molecule has 17 heavy (non-hydrogen) atoms. The van der Waals surface area contributed by atoms with E-state index in [4.69, 9.17) is 0 Å². The quantitative estimate of drug-likeness (QED) is 0.748. The fourth-order valence-corrected chi connectivity index (χ4v) is 1.79. The van der Waals surface area contributed by atoms with E-state index in [-0.39, 0.29) is 0 Å². The van der Waals surface area contributed by atoms with E-state index < -0.39 is 0 Å². The van der Waals surface area contributed by atoms with E-state index in [1.165, 1.54) is 0 Å². The Kier molecular flexibility index (Phi) is 5.26. The van der Waals surface area contributed by atoms with Gasteiger partial charge in [-0.3, -0.25) is 0 Å². The van der Waals surface area contributed by atoms with Crippen molar-refractivity contribution in [2.24, 2.45) is 5.92 Å². The van der Waals surface area contributed by atoms with Crippen LogP contribution in [0.2, 0.25) is 0 Å². The molecule has 0 fully saturated rings. The molecule has 0 aliphatic carbocycles. The van der Waals surface area contributed by atoms with E-state index in [0.717, 1.165) is 30.8 Å². The highest BCUT2D eigenvalue weighted by Gasteiger charge is 2.07. The number of halogens is 1. The van der Waals surface area contributed by atoms with Gasteiger partial charge in [-0.1, -0.05) is 19.9 Å². The van der Waals surface area contributed by atoms with Crippen molar-refractivity contribution in [3.63, 3.8) is 0 Å². The maximum Gasteiger partial charge on any atom is 0.0705 e. The number of hydrogen-bond donors (Lipinski definition) is 1. The first-order valence-corrected chi connectivity index (χ1v) is 6.30. The van der Waals surface area contributed by atoms with Crippen LogP contribution < -0.4 is 10.4 Å². The van der Waals surface area contributed by atoms with Gasteiger partial charge in [0.15, 0.2) is 0 Å². The summed E-state index contributed by atoms with van der Waals surface area (Å²) in [6.07, 6.45) is 1.15. The zero-order valence-corrected chi connectivity index (χ0v) is 11.3. The molecule has 0 aromatic heterocycles. The third-order valence-corrected chi connectivity index (χ3v) is 3.05. The molecule has 0 amide bonds. The molecule has 1 aromatic rings. The number of aryl methyl sites for hydroxylation is 1. The Balaban J connectivity index is 2.80. The average Bonchev–Trinajstić information content (AvgIpc) is 2.31. The summed E-state index contributed by atoms with van der Waals surface area (Å²) in [5, 5.41) is 0. The second-order valence-electron chi connectivity index (χ2n) is 4.86. The fourth-order valence-electron chi connectivity index (χ4n) is 1.79. The standard InChI is InChI=1S/C14H23FN2/c1-5-17(9-8-11(2)3)13-7-6-12(4)14(10-13)16-15/h6-7,10-11,16H,5,8-9H2,1-4H3. The molecular formula is C14H23FN2. The highest BCUT2D eigenvalue weighted by Crippen LogP contribution is 2.24. The largest absolute Gasteiger partial charge is 0.372 e. The Labute approximate surface area is 104 Å². The summed E-state index contributed by atoms with van der Waals surface area (Å²) >= 11 is 0. The zero-order valence-electron chi connectivity index (χ0n) is 11.3. The second kappa shape index (κ2) is 6.48. The van der Waals surface area contributed by atoms with Gasteiger partial charge in [-0.2, -0.15) is 0 Å². The van der Waals surface area contributed by atoms with E-state index in [9.17, 15) is 4.48 Å². The molecule has 0 radical (unpaired) electrons. The number of anilines is 2. The molecule has 1 N–H and O–H groups in total. The summed E-state index contributed by atoms with van der Waals surface area (Å²) < 4.78 is 12.6. The van der Waals surface area contributed by atoms with Gasteiger partial charge in [0.2, 0.25) is 0 Å². The average molecular weight is 238 g/mol. The van der Waals surface area contributed by atoms with Gasteiger partial charge in [0.1, 0.15) is 0 Å². The summed E-state index contributed by atoms with van der Waals surface area (Å²) in [5.41, 5.74) is 4.32. The molecule has 0 aliphatic rings. The van der Waals surface area contributed by atoms with Crippen LogP contribution in [0.5, 0.6) is 0 Å². The summed E-state index contributed by atoms with van der Waals surface area (Å²) in [5.74, 6) is 0.688. The molecule has 0 unspecified atom stereocenters. The van der Waals surface area contributed by atoms with Crippen molar-refractivity contribution in [3.05, 3.63) is 23.8 Å². The zero-order chi connectivity index (χ0) is 12.8. The van der Waals surface area contributed by atoms with Gasteiger partial charge in [-0.15, -0.1) is 4.48 Å². The van der Waals surface area contributed by atoms with Gasteiger partial charge in [0.05, 0.1) is 5.69 Å². The van der Waals surface area contributed by atoms with Crippen LogP contribution in [-0.4, -0.2) is 13.1 Å². The third-order valence-electron chi connectivity index (χ3n) is 3.05. The van der Waals surface area contributed by atoms with E-state index in [1.807, 2.05) is 19.1 Å². The Bertz CT molecular complexity index is 350. The van der Waals surface area contributed by atoms with Crippen LogP contribution in [-0.2, 0) is 0 Å². The van der Waals surface area contributed by atoms with E-state index in [1.54, 1.807) is 5.54 Å². The van der Waals surface area contributed by atoms with Gasteiger partial charge in [-0.05, 0) is 43.9 Å². The molecule has 0 saturated carbocycles. The molecular weight excluding hydrogens is 215 g/mol. The minimum atomic E-state index is 0.561. The van der Waals surface area contributed by atoms with Crippen LogP contribution in [0, 0.1) is 12.8 Å². The molecule has 1 aromatic carbocycles. The molecule has 96 valence electrons. The summed E-state index contributed by atoms with van der Waals surface area (Å²) in [6.45, 7) is 10.4. The van der Waals surface area contributed by atoms with E-state index >= 15 is 0 Å². The Morgan fingerprint density at radius 1 is 1.35 bits per heavy atom.